The Morgan fingerprint density at radius 1 is 1.16 bits per heavy atom. The Balaban J connectivity index is 1.64. The molecule has 32 heavy (non-hydrogen) atoms. The number of benzene rings is 2. The summed E-state index contributed by atoms with van der Waals surface area (Å²) in [5.74, 6) is -0.325. The minimum atomic E-state index is -0.325. The van der Waals surface area contributed by atoms with Gasteiger partial charge in [-0.05, 0) is 74.9 Å². The third-order valence-electron chi connectivity index (χ3n) is 5.45. The highest BCUT2D eigenvalue weighted by molar-refractivity contribution is 5.89. The molecule has 2 aromatic heterocycles. The first-order chi connectivity index (χ1) is 15.5. The highest BCUT2D eigenvalue weighted by Crippen LogP contribution is 2.24. The van der Waals surface area contributed by atoms with Crippen LogP contribution in [0.5, 0.6) is 0 Å². The maximum absolute atomic E-state index is 11.9. The van der Waals surface area contributed by atoms with Crippen LogP contribution >= 0.6 is 0 Å². The molecule has 6 heteroatoms. The fourth-order valence-electron chi connectivity index (χ4n) is 3.91. The lowest BCUT2D eigenvalue weighted by molar-refractivity contribution is 0.0526. The van der Waals surface area contributed by atoms with Crippen molar-refractivity contribution in [2.45, 2.75) is 27.3 Å². The van der Waals surface area contributed by atoms with Crippen molar-refractivity contribution in [3.05, 3.63) is 89.0 Å². The molecule has 0 saturated carbocycles. The molecule has 2 aromatic carbocycles. The Bertz CT molecular complexity index is 1350. The van der Waals surface area contributed by atoms with E-state index in [2.05, 4.69) is 21.7 Å². The van der Waals surface area contributed by atoms with Gasteiger partial charge in [0.25, 0.3) is 0 Å². The second kappa shape index (κ2) is 8.94. The van der Waals surface area contributed by atoms with Crippen LogP contribution in [0.25, 0.3) is 22.8 Å². The number of fused-ring (bicyclic) bond motifs is 1. The normalized spacial score (nSPS) is 11.5. The summed E-state index contributed by atoms with van der Waals surface area (Å²) in [7, 11) is 0. The minimum Gasteiger partial charge on any atom is -0.462 e. The molecule has 0 bridgehead atoms. The Morgan fingerprint density at radius 2 is 1.91 bits per heavy atom. The summed E-state index contributed by atoms with van der Waals surface area (Å²) in [5.41, 5.74) is 7.08. The average molecular weight is 425 g/mol. The van der Waals surface area contributed by atoms with E-state index in [1.54, 1.807) is 25.4 Å². The molecule has 0 aliphatic carbocycles. The van der Waals surface area contributed by atoms with Gasteiger partial charge in [-0.15, -0.1) is 0 Å². The van der Waals surface area contributed by atoms with Gasteiger partial charge in [-0.2, -0.15) is 5.26 Å². The number of carbonyl (C=O) groups is 1. The molecule has 0 fully saturated rings. The number of hydrogen-bond donors (Lipinski definition) is 0. The molecule has 0 spiro atoms. The van der Waals surface area contributed by atoms with Crippen LogP contribution in [0.2, 0.25) is 0 Å². The van der Waals surface area contributed by atoms with Crippen LogP contribution in [0.1, 0.15) is 34.2 Å². The van der Waals surface area contributed by atoms with Crippen LogP contribution < -0.4 is 0 Å². The largest absolute Gasteiger partial charge is 0.462 e. The van der Waals surface area contributed by atoms with Gasteiger partial charge in [0.05, 0.1) is 42.1 Å². The first-order valence-corrected chi connectivity index (χ1v) is 10.5. The molecule has 2 heterocycles. The van der Waals surface area contributed by atoms with Gasteiger partial charge in [-0.3, -0.25) is 0 Å². The summed E-state index contributed by atoms with van der Waals surface area (Å²) >= 11 is 0. The van der Waals surface area contributed by atoms with Crippen molar-refractivity contribution in [1.29, 1.82) is 5.26 Å². The SMILES string of the molecule is CCOC(=O)c1ccc(-n2c(C)cc(/C=C(/C#N)Cn3cnc4ccccc43)c2C)cc1. The summed E-state index contributed by atoms with van der Waals surface area (Å²) < 4.78 is 9.16. The lowest BCUT2D eigenvalue weighted by Gasteiger charge is -2.10. The quantitative estimate of drug-likeness (QED) is 0.314. The standard InChI is InChI=1S/C26H24N4O2/c1-4-32-26(31)21-9-11-23(12-10-21)30-18(2)13-22(19(30)3)14-20(15-27)16-29-17-28-24-7-5-6-8-25(24)29/h5-14,17H,4,16H2,1-3H3/b20-14-. The van der Waals surface area contributed by atoms with E-state index in [0.29, 0.717) is 24.3 Å². The van der Waals surface area contributed by atoms with E-state index < -0.39 is 0 Å². The summed E-state index contributed by atoms with van der Waals surface area (Å²) in [6.45, 7) is 6.65. The second-order valence-corrected chi connectivity index (χ2v) is 7.57. The topological polar surface area (TPSA) is 72.8 Å². The van der Waals surface area contributed by atoms with Gasteiger partial charge >= 0.3 is 5.97 Å². The number of nitrogens with zero attached hydrogens (tertiary/aromatic N) is 4. The fourth-order valence-corrected chi connectivity index (χ4v) is 3.91. The zero-order chi connectivity index (χ0) is 22.7. The molecule has 6 nitrogen and oxygen atoms in total. The zero-order valence-corrected chi connectivity index (χ0v) is 18.4. The lowest BCUT2D eigenvalue weighted by atomic mass is 10.1. The summed E-state index contributed by atoms with van der Waals surface area (Å²) in [5, 5.41) is 9.77. The van der Waals surface area contributed by atoms with Crippen LogP contribution in [0.15, 0.2) is 66.5 Å². The molecule has 0 aliphatic rings. The van der Waals surface area contributed by atoms with Crippen molar-refractivity contribution in [3.8, 4) is 11.8 Å². The number of allylic oxidation sites excluding steroid dienone is 1. The highest BCUT2D eigenvalue weighted by Gasteiger charge is 2.13. The summed E-state index contributed by atoms with van der Waals surface area (Å²) in [6.07, 6.45) is 3.70. The van der Waals surface area contributed by atoms with Gasteiger partial charge < -0.3 is 13.9 Å². The molecular formula is C26H24N4O2. The van der Waals surface area contributed by atoms with Crippen molar-refractivity contribution in [2.24, 2.45) is 0 Å². The van der Waals surface area contributed by atoms with Gasteiger partial charge in [-0.25, -0.2) is 9.78 Å². The number of imidazole rings is 1. The Labute approximate surface area is 187 Å². The fraction of sp³-hybridized carbons (Fsp3) is 0.192. The molecule has 0 radical (unpaired) electrons. The molecule has 0 amide bonds. The van der Waals surface area contributed by atoms with Gasteiger partial charge in [0.2, 0.25) is 0 Å². The number of esters is 1. The molecule has 4 aromatic rings. The first-order valence-electron chi connectivity index (χ1n) is 10.5. The van der Waals surface area contributed by atoms with Crippen molar-refractivity contribution >= 4 is 23.1 Å². The van der Waals surface area contributed by atoms with Crippen LogP contribution in [-0.4, -0.2) is 26.7 Å². The summed E-state index contributed by atoms with van der Waals surface area (Å²) in [4.78, 5) is 16.3. The Kier molecular flexibility index (Phi) is 5.91. The van der Waals surface area contributed by atoms with Gasteiger partial charge in [-0.1, -0.05) is 12.1 Å². The number of hydrogen-bond acceptors (Lipinski definition) is 4. The highest BCUT2D eigenvalue weighted by atomic mass is 16.5. The number of aryl methyl sites for hydroxylation is 1. The van der Waals surface area contributed by atoms with Crippen molar-refractivity contribution < 1.29 is 9.53 Å². The van der Waals surface area contributed by atoms with E-state index in [9.17, 15) is 10.1 Å². The third kappa shape index (κ3) is 4.06. The van der Waals surface area contributed by atoms with Gasteiger partial charge in [0, 0.05) is 22.6 Å². The summed E-state index contributed by atoms with van der Waals surface area (Å²) in [6, 6.07) is 19.6. The van der Waals surface area contributed by atoms with Crippen molar-refractivity contribution in [3.63, 3.8) is 0 Å². The second-order valence-electron chi connectivity index (χ2n) is 7.57. The molecule has 160 valence electrons. The molecule has 4 rings (SSSR count). The number of rotatable bonds is 6. The van der Waals surface area contributed by atoms with Crippen molar-refractivity contribution in [1.82, 2.24) is 14.1 Å². The van der Waals surface area contributed by atoms with E-state index in [0.717, 1.165) is 33.7 Å². The average Bonchev–Trinajstić information content (AvgIpc) is 3.33. The smallest absolute Gasteiger partial charge is 0.338 e. The number of para-hydroxylation sites is 2. The van der Waals surface area contributed by atoms with E-state index >= 15 is 0 Å². The van der Waals surface area contributed by atoms with Crippen LogP contribution in [0.4, 0.5) is 0 Å². The van der Waals surface area contributed by atoms with Crippen LogP contribution in [0.3, 0.4) is 0 Å². The lowest BCUT2D eigenvalue weighted by Crippen LogP contribution is -2.05. The van der Waals surface area contributed by atoms with Crippen LogP contribution in [0, 0.1) is 25.2 Å². The predicted molar refractivity (Wildman–Crippen MR) is 125 cm³/mol. The van der Waals surface area contributed by atoms with E-state index in [-0.39, 0.29) is 5.97 Å². The number of ether oxygens (including phenoxy) is 1. The Morgan fingerprint density at radius 3 is 2.62 bits per heavy atom. The molecular weight excluding hydrogens is 400 g/mol. The van der Waals surface area contributed by atoms with Crippen molar-refractivity contribution in [2.75, 3.05) is 6.61 Å². The molecule has 0 atom stereocenters. The maximum Gasteiger partial charge on any atom is 0.338 e. The molecule has 0 unspecified atom stereocenters. The van der Waals surface area contributed by atoms with E-state index in [4.69, 9.17) is 4.74 Å². The minimum absolute atomic E-state index is 0.325. The maximum atomic E-state index is 11.9. The molecule has 0 aliphatic heterocycles. The first kappa shape index (κ1) is 21.1. The van der Waals surface area contributed by atoms with E-state index in [1.807, 2.05) is 60.9 Å². The number of carbonyl (C=O) groups excluding carboxylic acids is 1. The predicted octanol–water partition coefficient (Wildman–Crippen LogP) is 5.23. The van der Waals surface area contributed by atoms with Crippen LogP contribution in [-0.2, 0) is 11.3 Å². The molecule has 0 N–H and O–H groups in total. The molecule has 0 saturated heterocycles. The third-order valence-corrected chi connectivity index (χ3v) is 5.45. The van der Waals surface area contributed by atoms with Gasteiger partial charge in [0.1, 0.15) is 0 Å². The number of aromatic nitrogens is 3. The zero-order valence-electron chi connectivity index (χ0n) is 18.4. The van der Waals surface area contributed by atoms with Gasteiger partial charge in [0.15, 0.2) is 0 Å². The monoisotopic (exact) mass is 424 g/mol. The number of nitriles is 1. The van der Waals surface area contributed by atoms with E-state index in [1.165, 1.54) is 0 Å². The Hall–Kier alpha value is -4.11.